The van der Waals surface area contributed by atoms with Gasteiger partial charge < -0.3 is 9.47 Å². The number of carbonyl (C=O) groups excluding carboxylic acids is 1. The lowest BCUT2D eigenvalue weighted by atomic mass is 10.1. The molecule has 1 heterocycles. The maximum absolute atomic E-state index is 13.5. The average Bonchev–Trinajstić information content (AvgIpc) is 2.87. The lowest BCUT2D eigenvalue weighted by molar-refractivity contribution is -0.119. The number of nitrogens with one attached hydrogen (secondary N) is 1. The van der Waals surface area contributed by atoms with E-state index in [1.165, 1.54) is 12.1 Å². The number of fused-ring (bicyclic) bond motifs is 1. The zero-order chi connectivity index (χ0) is 25.0. The topological polar surface area (TPSA) is 97.3 Å². The smallest absolute Gasteiger partial charge is 0.264 e. The van der Waals surface area contributed by atoms with Gasteiger partial charge in [0.15, 0.2) is 11.5 Å². The van der Waals surface area contributed by atoms with Crippen LogP contribution in [0.3, 0.4) is 0 Å². The molecule has 0 bridgehead atoms. The fraction of sp³-hybridized carbons (Fsp3) is 0.231. The molecule has 1 amide bonds. The minimum absolute atomic E-state index is 0.102. The Bertz CT molecular complexity index is 1370. The Morgan fingerprint density at radius 2 is 1.69 bits per heavy atom. The normalized spacial score (nSPS) is 13.3. The van der Waals surface area contributed by atoms with Gasteiger partial charge in [-0.05, 0) is 68.3 Å². The Morgan fingerprint density at radius 1 is 0.971 bits per heavy atom. The minimum Gasteiger partial charge on any atom is -0.486 e. The summed E-state index contributed by atoms with van der Waals surface area (Å²) in [6.07, 6.45) is 0. The summed E-state index contributed by atoms with van der Waals surface area (Å²) in [6.45, 7) is 5.96. The highest BCUT2D eigenvalue weighted by Crippen LogP contribution is 2.31. The zero-order valence-corrected chi connectivity index (χ0v) is 20.6. The van der Waals surface area contributed by atoms with Crippen molar-refractivity contribution in [2.45, 2.75) is 25.7 Å². The largest absolute Gasteiger partial charge is 0.486 e. The summed E-state index contributed by atoms with van der Waals surface area (Å²) in [7, 11) is -4.00. The van der Waals surface area contributed by atoms with E-state index in [0.717, 1.165) is 21.0 Å². The first kappa shape index (κ1) is 24.3. The molecule has 0 radical (unpaired) electrons. The highest BCUT2D eigenvalue weighted by molar-refractivity contribution is 7.92. The SMILES string of the molecule is C/C(=N/NC(=O)CN(c1cc(C)ccc1C)S(=O)(=O)c1ccccc1)c1ccc2c(c1)OCCO2. The van der Waals surface area contributed by atoms with Crippen molar-refractivity contribution in [1.29, 1.82) is 0 Å². The van der Waals surface area contributed by atoms with Crippen LogP contribution >= 0.6 is 0 Å². The van der Waals surface area contributed by atoms with Crippen molar-refractivity contribution in [3.05, 3.63) is 83.4 Å². The molecule has 3 aromatic rings. The highest BCUT2D eigenvalue weighted by atomic mass is 32.2. The van der Waals surface area contributed by atoms with E-state index in [4.69, 9.17) is 9.47 Å². The first-order valence-electron chi connectivity index (χ1n) is 11.1. The first-order valence-corrected chi connectivity index (χ1v) is 12.6. The fourth-order valence-electron chi connectivity index (χ4n) is 3.65. The number of hydrogen-bond donors (Lipinski definition) is 1. The number of amides is 1. The van der Waals surface area contributed by atoms with Gasteiger partial charge in [0.05, 0.1) is 16.3 Å². The zero-order valence-electron chi connectivity index (χ0n) is 19.8. The standard InChI is InChI=1S/C26H27N3O5S/c1-18-9-10-19(2)23(15-18)29(35(31,32)22-7-5-4-6-8-22)17-26(30)28-27-20(3)21-11-12-24-25(16-21)34-14-13-33-24/h4-12,15-16H,13-14,17H2,1-3H3,(H,28,30)/b27-20-. The van der Waals surface area contributed by atoms with Gasteiger partial charge in [0, 0.05) is 5.56 Å². The van der Waals surface area contributed by atoms with Crippen LogP contribution in [0.1, 0.15) is 23.6 Å². The molecule has 9 heteroatoms. The molecular weight excluding hydrogens is 466 g/mol. The van der Waals surface area contributed by atoms with E-state index in [-0.39, 0.29) is 4.90 Å². The van der Waals surface area contributed by atoms with Crippen LogP contribution in [0.5, 0.6) is 11.5 Å². The molecule has 0 spiro atoms. The molecule has 0 fully saturated rings. The Morgan fingerprint density at radius 3 is 2.43 bits per heavy atom. The maximum atomic E-state index is 13.5. The van der Waals surface area contributed by atoms with Gasteiger partial charge in [-0.3, -0.25) is 9.10 Å². The molecule has 1 N–H and O–H groups in total. The van der Waals surface area contributed by atoms with Crippen LogP contribution in [0.15, 0.2) is 76.7 Å². The van der Waals surface area contributed by atoms with Crippen molar-refractivity contribution in [2.24, 2.45) is 5.10 Å². The first-order chi connectivity index (χ1) is 16.8. The van der Waals surface area contributed by atoms with Crippen LogP contribution in [-0.2, 0) is 14.8 Å². The molecule has 0 saturated heterocycles. The van der Waals surface area contributed by atoms with Gasteiger partial charge >= 0.3 is 0 Å². The van der Waals surface area contributed by atoms with Crippen LogP contribution < -0.4 is 19.2 Å². The Labute approximate surface area is 205 Å². The van der Waals surface area contributed by atoms with E-state index >= 15 is 0 Å². The van der Waals surface area contributed by atoms with Gasteiger partial charge in [-0.2, -0.15) is 5.10 Å². The maximum Gasteiger partial charge on any atom is 0.264 e. The van der Waals surface area contributed by atoms with E-state index in [0.29, 0.717) is 36.1 Å². The molecule has 0 unspecified atom stereocenters. The van der Waals surface area contributed by atoms with Crippen molar-refractivity contribution >= 4 is 27.3 Å². The predicted octanol–water partition coefficient (Wildman–Crippen LogP) is 3.81. The lowest BCUT2D eigenvalue weighted by Crippen LogP contribution is -2.40. The van der Waals surface area contributed by atoms with Crippen molar-refractivity contribution in [1.82, 2.24) is 5.43 Å². The number of nitrogens with zero attached hydrogens (tertiary/aromatic N) is 2. The minimum atomic E-state index is -4.00. The van der Waals surface area contributed by atoms with Gasteiger partial charge in [-0.25, -0.2) is 13.8 Å². The number of ether oxygens (including phenoxy) is 2. The van der Waals surface area contributed by atoms with Gasteiger partial charge in [0.1, 0.15) is 19.8 Å². The third kappa shape index (κ3) is 5.46. The second-order valence-electron chi connectivity index (χ2n) is 8.21. The van der Waals surface area contributed by atoms with E-state index in [1.54, 1.807) is 43.3 Å². The number of aryl methyl sites for hydroxylation is 2. The number of sulfonamides is 1. The average molecular weight is 494 g/mol. The third-order valence-corrected chi connectivity index (χ3v) is 7.33. The molecule has 35 heavy (non-hydrogen) atoms. The summed E-state index contributed by atoms with van der Waals surface area (Å²) < 4.78 is 39.3. The van der Waals surface area contributed by atoms with Crippen LogP contribution in [-0.4, -0.2) is 39.8 Å². The quantitative estimate of drug-likeness (QED) is 0.399. The summed E-state index contributed by atoms with van der Waals surface area (Å²) in [5, 5.41) is 4.18. The second kappa shape index (κ2) is 10.2. The lowest BCUT2D eigenvalue weighted by Gasteiger charge is -2.25. The van der Waals surface area contributed by atoms with E-state index in [2.05, 4.69) is 10.5 Å². The molecule has 0 atom stereocenters. The molecular formula is C26H27N3O5S. The molecule has 3 aromatic carbocycles. The van der Waals surface area contributed by atoms with Crippen LogP contribution in [0, 0.1) is 13.8 Å². The van der Waals surface area contributed by atoms with Crippen molar-refractivity contribution in [3.8, 4) is 11.5 Å². The summed E-state index contributed by atoms with van der Waals surface area (Å²) in [5.41, 5.74) is 5.84. The second-order valence-corrected chi connectivity index (χ2v) is 10.1. The van der Waals surface area contributed by atoms with Crippen molar-refractivity contribution in [2.75, 3.05) is 24.1 Å². The van der Waals surface area contributed by atoms with Gasteiger partial charge in [0.25, 0.3) is 15.9 Å². The molecule has 0 saturated carbocycles. The summed E-state index contributed by atoms with van der Waals surface area (Å²) in [5.74, 6) is 0.708. The number of hydrogen-bond acceptors (Lipinski definition) is 6. The van der Waals surface area contributed by atoms with E-state index in [9.17, 15) is 13.2 Å². The summed E-state index contributed by atoms with van der Waals surface area (Å²) in [4.78, 5) is 13.0. The molecule has 8 nitrogen and oxygen atoms in total. The van der Waals surface area contributed by atoms with Gasteiger partial charge in [-0.1, -0.05) is 30.3 Å². The highest BCUT2D eigenvalue weighted by Gasteiger charge is 2.28. The molecule has 0 aromatic heterocycles. The molecule has 182 valence electrons. The molecule has 1 aliphatic heterocycles. The number of hydrazone groups is 1. The number of benzene rings is 3. The van der Waals surface area contributed by atoms with Gasteiger partial charge in [-0.15, -0.1) is 0 Å². The van der Waals surface area contributed by atoms with E-state index < -0.39 is 22.5 Å². The van der Waals surface area contributed by atoms with Crippen LogP contribution in [0.2, 0.25) is 0 Å². The Balaban J connectivity index is 1.58. The molecule has 0 aliphatic carbocycles. The summed E-state index contributed by atoms with van der Waals surface area (Å²) in [6, 6.07) is 18.9. The van der Waals surface area contributed by atoms with Crippen molar-refractivity contribution in [3.63, 3.8) is 0 Å². The number of rotatable bonds is 7. The van der Waals surface area contributed by atoms with E-state index in [1.807, 2.05) is 32.0 Å². The summed E-state index contributed by atoms with van der Waals surface area (Å²) >= 11 is 0. The molecule has 4 rings (SSSR count). The number of carbonyl (C=O) groups is 1. The predicted molar refractivity (Wildman–Crippen MR) is 135 cm³/mol. The molecule has 1 aliphatic rings. The fourth-order valence-corrected chi connectivity index (χ4v) is 5.15. The number of anilines is 1. The Hall–Kier alpha value is -3.85. The Kier molecular flexibility index (Phi) is 7.07. The van der Waals surface area contributed by atoms with Gasteiger partial charge in [0.2, 0.25) is 0 Å². The van der Waals surface area contributed by atoms with Crippen LogP contribution in [0.4, 0.5) is 5.69 Å². The monoisotopic (exact) mass is 493 g/mol. The van der Waals surface area contributed by atoms with Crippen molar-refractivity contribution < 1.29 is 22.7 Å². The van der Waals surface area contributed by atoms with Crippen LogP contribution in [0.25, 0.3) is 0 Å². The third-order valence-electron chi connectivity index (χ3n) is 5.56.